The van der Waals surface area contributed by atoms with E-state index in [4.69, 9.17) is 0 Å². The van der Waals surface area contributed by atoms with Crippen molar-refractivity contribution in [1.82, 2.24) is 4.90 Å². The zero-order valence-electron chi connectivity index (χ0n) is 13.7. The predicted molar refractivity (Wildman–Crippen MR) is 99.5 cm³/mol. The van der Waals surface area contributed by atoms with Crippen molar-refractivity contribution in [2.45, 2.75) is 26.8 Å². The Kier molecular flexibility index (Phi) is 6.81. The van der Waals surface area contributed by atoms with Crippen LogP contribution in [0.3, 0.4) is 0 Å². The smallest absolute Gasteiger partial charge is 0.225 e. The second kappa shape index (κ2) is 8.85. The molecule has 1 N–H and O–H groups in total. The largest absolute Gasteiger partial charge is 0.326 e. The number of nitrogens with zero attached hydrogens (tertiary/aromatic N) is 1. The molecular weight excluding hydrogens is 352 g/mol. The molecule has 0 saturated carbocycles. The van der Waals surface area contributed by atoms with E-state index in [1.54, 1.807) is 0 Å². The van der Waals surface area contributed by atoms with E-state index in [2.05, 4.69) is 45.2 Å². The standard InChI is InChI=1S/C19H23BrN2O/c1-3-22(14-16-7-5-4-6-8-16)12-11-19(23)21-18-10-9-17(20)13-15(18)2/h4-10,13H,3,11-12,14H2,1-2H3,(H,21,23). The Bertz CT molecular complexity index is 643. The van der Waals surface area contributed by atoms with Crippen LogP contribution in [0.4, 0.5) is 5.69 Å². The molecule has 0 aliphatic rings. The quantitative estimate of drug-likeness (QED) is 0.767. The Hall–Kier alpha value is -1.65. The van der Waals surface area contributed by atoms with Crippen LogP contribution in [0.15, 0.2) is 53.0 Å². The lowest BCUT2D eigenvalue weighted by Gasteiger charge is -2.20. The average Bonchev–Trinajstić information content (AvgIpc) is 2.55. The van der Waals surface area contributed by atoms with Gasteiger partial charge < -0.3 is 5.32 Å². The minimum absolute atomic E-state index is 0.0573. The molecule has 0 saturated heterocycles. The van der Waals surface area contributed by atoms with Gasteiger partial charge in [0.15, 0.2) is 0 Å². The molecule has 0 radical (unpaired) electrons. The SMILES string of the molecule is CCN(CCC(=O)Nc1ccc(Br)cc1C)Cc1ccccc1. The maximum atomic E-state index is 12.2. The summed E-state index contributed by atoms with van der Waals surface area (Å²) in [4.78, 5) is 14.5. The molecule has 0 aliphatic heterocycles. The Morgan fingerprint density at radius 2 is 1.91 bits per heavy atom. The molecule has 0 atom stereocenters. The van der Waals surface area contributed by atoms with E-state index < -0.39 is 0 Å². The van der Waals surface area contributed by atoms with E-state index in [1.807, 2.05) is 43.3 Å². The summed E-state index contributed by atoms with van der Waals surface area (Å²) in [5.41, 5.74) is 3.21. The first-order chi connectivity index (χ1) is 11.1. The summed E-state index contributed by atoms with van der Waals surface area (Å²) in [6.07, 6.45) is 0.496. The van der Waals surface area contributed by atoms with Crippen LogP contribution in [-0.4, -0.2) is 23.9 Å². The summed E-state index contributed by atoms with van der Waals surface area (Å²) in [6.45, 7) is 6.68. The summed E-state index contributed by atoms with van der Waals surface area (Å²) >= 11 is 3.43. The molecular formula is C19H23BrN2O. The highest BCUT2D eigenvalue weighted by Gasteiger charge is 2.09. The first kappa shape index (κ1) is 17.7. The van der Waals surface area contributed by atoms with Crippen LogP contribution >= 0.6 is 15.9 Å². The molecule has 3 nitrogen and oxygen atoms in total. The number of anilines is 1. The number of hydrogen-bond acceptors (Lipinski definition) is 2. The van der Waals surface area contributed by atoms with Crippen LogP contribution < -0.4 is 5.32 Å². The highest BCUT2D eigenvalue weighted by atomic mass is 79.9. The Labute approximate surface area is 146 Å². The number of nitrogens with one attached hydrogen (secondary N) is 1. The zero-order chi connectivity index (χ0) is 16.7. The fraction of sp³-hybridized carbons (Fsp3) is 0.316. The number of halogens is 1. The van der Waals surface area contributed by atoms with Gasteiger partial charge in [-0.15, -0.1) is 0 Å². The second-order valence-electron chi connectivity index (χ2n) is 5.61. The molecule has 4 heteroatoms. The van der Waals surface area contributed by atoms with Gasteiger partial charge in [0.05, 0.1) is 0 Å². The summed E-state index contributed by atoms with van der Waals surface area (Å²) in [7, 11) is 0. The van der Waals surface area contributed by atoms with E-state index in [1.165, 1.54) is 5.56 Å². The molecule has 122 valence electrons. The molecule has 0 unspecified atom stereocenters. The van der Waals surface area contributed by atoms with Crippen molar-refractivity contribution in [1.29, 1.82) is 0 Å². The van der Waals surface area contributed by atoms with Crippen molar-refractivity contribution in [2.24, 2.45) is 0 Å². The highest BCUT2D eigenvalue weighted by Crippen LogP contribution is 2.20. The molecule has 0 bridgehead atoms. The van der Waals surface area contributed by atoms with Crippen LogP contribution in [-0.2, 0) is 11.3 Å². The molecule has 2 aromatic rings. The van der Waals surface area contributed by atoms with Crippen molar-refractivity contribution in [3.8, 4) is 0 Å². The lowest BCUT2D eigenvalue weighted by atomic mass is 10.2. The first-order valence-corrected chi connectivity index (χ1v) is 8.70. The number of carbonyl (C=O) groups is 1. The lowest BCUT2D eigenvalue weighted by molar-refractivity contribution is -0.116. The van der Waals surface area contributed by atoms with Crippen LogP contribution in [0, 0.1) is 6.92 Å². The van der Waals surface area contributed by atoms with Crippen LogP contribution in [0.25, 0.3) is 0 Å². The average molecular weight is 375 g/mol. The van der Waals surface area contributed by atoms with Gasteiger partial charge >= 0.3 is 0 Å². The fourth-order valence-corrected chi connectivity index (χ4v) is 2.91. The van der Waals surface area contributed by atoms with Gasteiger partial charge in [0.25, 0.3) is 0 Å². The fourth-order valence-electron chi connectivity index (χ4n) is 2.43. The lowest BCUT2D eigenvalue weighted by Crippen LogP contribution is -2.27. The van der Waals surface area contributed by atoms with E-state index in [0.29, 0.717) is 6.42 Å². The molecule has 0 heterocycles. The summed E-state index contributed by atoms with van der Waals surface area (Å²) in [5.74, 6) is 0.0573. The molecule has 0 aromatic heterocycles. The topological polar surface area (TPSA) is 32.3 Å². The third kappa shape index (κ3) is 5.81. The van der Waals surface area contributed by atoms with Crippen molar-refractivity contribution in [2.75, 3.05) is 18.4 Å². The summed E-state index contributed by atoms with van der Waals surface area (Å²) in [6, 6.07) is 16.2. The van der Waals surface area contributed by atoms with Gasteiger partial charge in [-0.05, 0) is 42.8 Å². The number of benzene rings is 2. The van der Waals surface area contributed by atoms with Gasteiger partial charge in [-0.2, -0.15) is 0 Å². The van der Waals surface area contributed by atoms with Gasteiger partial charge in [0.2, 0.25) is 5.91 Å². The van der Waals surface area contributed by atoms with Gasteiger partial charge in [0, 0.05) is 29.7 Å². The minimum atomic E-state index is 0.0573. The maximum absolute atomic E-state index is 12.2. The highest BCUT2D eigenvalue weighted by molar-refractivity contribution is 9.10. The molecule has 2 aromatic carbocycles. The summed E-state index contributed by atoms with van der Waals surface area (Å²) in [5, 5.41) is 2.99. The first-order valence-electron chi connectivity index (χ1n) is 7.90. The van der Waals surface area contributed by atoms with Gasteiger partial charge in [-0.25, -0.2) is 0 Å². The maximum Gasteiger partial charge on any atom is 0.225 e. The monoisotopic (exact) mass is 374 g/mol. The molecule has 0 fully saturated rings. The van der Waals surface area contributed by atoms with Crippen molar-refractivity contribution in [3.05, 3.63) is 64.1 Å². The normalized spacial score (nSPS) is 10.8. The van der Waals surface area contributed by atoms with Gasteiger partial charge in [-0.1, -0.05) is 53.2 Å². The third-order valence-corrected chi connectivity index (χ3v) is 4.31. The number of amides is 1. The van der Waals surface area contributed by atoms with Crippen LogP contribution in [0.5, 0.6) is 0 Å². The minimum Gasteiger partial charge on any atom is -0.326 e. The van der Waals surface area contributed by atoms with E-state index >= 15 is 0 Å². The Balaban J connectivity index is 1.84. The molecule has 2 rings (SSSR count). The van der Waals surface area contributed by atoms with Crippen molar-refractivity contribution in [3.63, 3.8) is 0 Å². The number of rotatable bonds is 7. The Morgan fingerprint density at radius 3 is 2.57 bits per heavy atom. The zero-order valence-corrected chi connectivity index (χ0v) is 15.3. The van der Waals surface area contributed by atoms with E-state index in [0.717, 1.165) is 35.4 Å². The summed E-state index contributed by atoms with van der Waals surface area (Å²) < 4.78 is 1.02. The van der Waals surface area contributed by atoms with Crippen molar-refractivity contribution >= 4 is 27.5 Å². The van der Waals surface area contributed by atoms with E-state index in [-0.39, 0.29) is 5.91 Å². The number of aryl methyl sites for hydroxylation is 1. The number of carbonyl (C=O) groups excluding carboxylic acids is 1. The van der Waals surface area contributed by atoms with Gasteiger partial charge in [0.1, 0.15) is 0 Å². The molecule has 0 spiro atoms. The molecule has 23 heavy (non-hydrogen) atoms. The van der Waals surface area contributed by atoms with Gasteiger partial charge in [-0.3, -0.25) is 9.69 Å². The number of hydrogen-bond donors (Lipinski definition) is 1. The molecule has 0 aliphatic carbocycles. The third-order valence-electron chi connectivity index (χ3n) is 3.81. The van der Waals surface area contributed by atoms with E-state index in [9.17, 15) is 4.79 Å². The predicted octanol–water partition coefficient (Wildman–Crippen LogP) is 4.61. The van der Waals surface area contributed by atoms with Crippen molar-refractivity contribution < 1.29 is 4.79 Å². The Morgan fingerprint density at radius 1 is 1.17 bits per heavy atom. The van der Waals surface area contributed by atoms with Crippen LogP contribution in [0.2, 0.25) is 0 Å². The molecule has 1 amide bonds. The van der Waals surface area contributed by atoms with Crippen LogP contribution in [0.1, 0.15) is 24.5 Å². The second-order valence-corrected chi connectivity index (χ2v) is 6.53.